The van der Waals surface area contributed by atoms with Gasteiger partial charge in [0.05, 0.1) is 12.9 Å². The van der Waals surface area contributed by atoms with Crippen LogP contribution in [0.4, 0.5) is 0 Å². The fourth-order valence-corrected chi connectivity index (χ4v) is 3.53. The second-order valence-corrected chi connectivity index (χ2v) is 7.29. The Balaban J connectivity index is 1.61. The summed E-state index contributed by atoms with van der Waals surface area (Å²) < 4.78 is 9.59. The minimum absolute atomic E-state index is 0.407. The van der Waals surface area contributed by atoms with E-state index in [-0.39, 0.29) is 0 Å². The minimum atomic E-state index is -1.23. The summed E-state index contributed by atoms with van der Waals surface area (Å²) in [5.74, 6) is 0.513. The zero-order chi connectivity index (χ0) is 19.4. The van der Waals surface area contributed by atoms with Crippen LogP contribution < -0.4 is 0 Å². The van der Waals surface area contributed by atoms with Crippen molar-refractivity contribution in [3.05, 3.63) is 35.5 Å². The highest BCUT2D eigenvalue weighted by atomic mass is 79.9. The Labute approximate surface area is 165 Å². The number of pyridine rings is 1. The van der Waals surface area contributed by atoms with Crippen LogP contribution in [0, 0.1) is 0 Å². The lowest BCUT2D eigenvalue weighted by Gasteiger charge is -2.16. The van der Waals surface area contributed by atoms with E-state index in [4.69, 9.17) is 4.74 Å². The minimum Gasteiger partial charge on any atom is -0.394 e. The Morgan fingerprint density at radius 1 is 1.04 bits per heavy atom. The van der Waals surface area contributed by atoms with Gasteiger partial charge in [-0.3, -0.25) is 14.0 Å². The maximum Gasteiger partial charge on any atom is 0.192 e. The molecule has 1 saturated heterocycles. The molecule has 11 nitrogen and oxygen atoms in total. The van der Waals surface area contributed by atoms with Crippen molar-refractivity contribution in [3.8, 4) is 11.5 Å². The smallest absolute Gasteiger partial charge is 0.192 e. The zero-order valence-corrected chi connectivity index (χ0v) is 15.7. The van der Waals surface area contributed by atoms with E-state index in [0.717, 1.165) is 4.47 Å². The Hall–Kier alpha value is -2.51. The highest BCUT2D eigenvalue weighted by Crippen LogP contribution is 2.32. The normalized spacial score (nSPS) is 25.1. The summed E-state index contributed by atoms with van der Waals surface area (Å²) in [7, 11) is 0. The number of aliphatic hydroxyl groups excluding tert-OH is 3. The van der Waals surface area contributed by atoms with Crippen molar-refractivity contribution < 1.29 is 20.1 Å². The molecule has 0 amide bonds. The maximum atomic E-state index is 10.3. The fourth-order valence-electron chi connectivity index (χ4n) is 3.29. The lowest BCUT2D eigenvalue weighted by atomic mass is 10.1. The molecule has 4 aromatic rings. The first-order chi connectivity index (χ1) is 13.6. The molecule has 1 fully saturated rings. The number of fused-ring (bicyclic) bond motifs is 3. The van der Waals surface area contributed by atoms with Gasteiger partial charge in [0.2, 0.25) is 0 Å². The quantitative estimate of drug-likeness (QED) is 0.392. The number of rotatable bonds is 3. The van der Waals surface area contributed by atoms with Gasteiger partial charge in [0.1, 0.15) is 30.3 Å². The number of nitrogens with zero attached hydrogens (tertiary/aromatic N) is 7. The summed E-state index contributed by atoms with van der Waals surface area (Å²) in [5, 5.41) is 37.9. The molecule has 12 heteroatoms. The highest BCUT2D eigenvalue weighted by molar-refractivity contribution is 9.10. The molecule has 3 N–H and O–H groups in total. The standard InChI is InChI=1S/C16H14BrN7O4/c17-7-1-2-8(18-3-7)13-21-22-15-10-14(20-6-23(13)15)24(5-19-10)16-12(27)11(26)9(4-25)28-16/h1-3,5-6,9,11-12,16,25-27H,4H2/t9-,11-,12-,16-/m1/s1. The average Bonchev–Trinajstić information content (AvgIpc) is 3.39. The summed E-state index contributed by atoms with van der Waals surface area (Å²) in [6.07, 6.45) is 0.401. The van der Waals surface area contributed by atoms with Gasteiger partial charge in [-0.05, 0) is 28.1 Å². The molecule has 0 spiro atoms. The van der Waals surface area contributed by atoms with Crippen molar-refractivity contribution in [1.29, 1.82) is 0 Å². The van der Waals surface area contributed by atoms with Crippen LogP contribution in [0.25, 0.3) is 28.3 Å². The van der Waals surface area contributed by atoms with Crippen molar-refractivity contribution in [2.24, 2.45) is 0 Å². The Morgan fingerprint density at radius 2 is 1.89 bits per heavy atom. The summed E-state index contributed by atoms with van der Waals surface area (Å²) >= 11 is 3.35. The summed E-state index contributed by atoms with van der Waals surface area (Å²) in [5.41, 5.74) is 1.95. The molecule has 4 atom stereocenters. The van der Waals surface area contributed by atoms with Crippen molar-refractivity contribution in [2.75, 3.05) is 6.61 Å². The third kappa shape index (κ3) is 2.53. The number of hydrogen-bond donors (Lipinski definition) is 3. The van der Waals surface area contributed by atoms with Gasteiger partial charge in [0.25, 0.3) is 0 Å². The molecule has 0 radical (unpaired) electrons. The third-order valence-electron chi connectivity index (χ3n) is 4.72. The lowest BCUT2D eigenvalue weighted by Crippen LogP contribution is -2.33. The molecule has 4 aromatic heterocycles. The van der Waals surface area contributed by atoms with Gasteiger partial charge in [-0.1, -0.05) is 0 Å². The van der Waals surface area contributed by atoms with Crippen LogP contribution >= 0.6 is 15.9 Å². The lowest BCUT2D eigenvalue weighted by molar-refractivity contribution is -0.0511. The molecule has 1 aliphatic heterocycles. The monoisotopic (exact) mass is 447 g/mol. The van der Waals surface area contributed by atoms with Gasteiger partial charge in [-0.25, -0.2) is 9.97 Å². The van der Waals surface area contributed by atoms with Crippen molar-refractivity contribution >= 4 is 32.7 Å². The molecule has 0 aliphatic carbocycles. The van der Waals surface area contributed by atoms with Gasteiger partial charge in [-0.15, -0.1) is 10.2 Å². The van der Waals surface area contributed by atoms with Crippen molar-refractivity contribution in [1.82, 2.24) is 34.1 Å². The maximum absolute atomic E-state index is 10.3. The summed E-state index contributed by atoms with van der Waals surface area (Å²) in [4.78, 5) is 13.1. The number of aliphatic hydroxyl groups is 3. The van der Waals surface area contributed by atoms with Gasteiger partial charge < -0.3 is 20.1 Å². The number of halogens is 1. The van der Waals surface area contributed by atoms with Crippen molar-refractivity contribution in [2.45, 2.75) is 24.5 Å². The highest BCUT2D eigenvalue weighted by Gasteiger charge is 2.44. The molecular weight excluding hydrogens is 434 g/mol. The van der Waals surface area contributed by atoms with Gasteiger partial charge in [-0.2, -0.15) is 0 Å². The number of ether oxygens (including phenoxy) is 1. The molecule has 28 heavy (non-hydrogen) atoms. The van der Waals surface area contributed by atoms with Crippen LogP contribution in [0.5, 0.6) is 0 Å². The second kappa shape index (κ2) is 6.53. The fraction of sp³-hybridized carbons (Fsp3) is 0.312. The molecule has 0 aromatic carbocycles. The van der Waals surface area contributed by atoms with E-state index in [9.17, 15) is 15.3 Å². The first-order valence-corrected chi connectivity index (χ1v) is 9.18. The van der Waals surface area contributed by atoms with E-state index in [2.05, 4.69) is 41.1 Å². The number of aromatic nitrogens is 7. The van der Waals surface area contributed by atoms with Crippen LogP contribution in [0.3, 0.4) is 0 Å². The van der Waals surface area contributed by atoms with E-state index >= 15 is 0 Å². The predicted octanol–water partition coefficient (Wildman–Crippen LogP) is -0.0900. The third-order valence-corrected chi connectivity index (χ3v) is 5.19. The van der Waals surface area contributed by atoms with Crippen LogP contribution in [-0.2, 0) is 4.74 Å². The second-order valence-electron chi connectivity index (χ2n) is 6.38. The summed E-state index contributed by atoms with van der Waals surface area (Å²) in [6.45, 7) is -0.410. The molecule has 0 saturated carbocycles. The topological polar surface area (TPSA) is 144 Å². The average molecular weight is 448 g/mol. The SMILES string of the molecule is OC[C@H]1O[C@@H](n2cnc3c2ncn2c(-c4ccc(Br)cn4)nnc32)[C@H](O)[C@@H]1O. The van der Waals surface area contributed by atoms with Crippen LogP contribution in [-0.4, -0.2) is 74.4 Å². The van der Waals surface area contributed by atoms with Crippen molar-refractivity contribution in [3.63, 3.8) is 0 Å². The summed E-state index contributed by atoms with van der Waals surface area (Å²) in [6, 6.07) is 3.66. The molecule has 5 heterocycles. The van der Waals surface area contributed by atoms with Crippen LogP contribution in [0.1, 0.15) is 6.23 Å². The molecular formula is C16H14BrN7O4. The molecule has 144 valence electrons. The van der Waals surface area contributed by atoms with Gasteiger partial charge in [0, 0.05) is 10.7 Å². The Morgan fingerprint density at radius 3 is 2.61 bits per heavy atom. The predicted molar refractivity (Wildman–Crippen MR) is 98.0 cm³/mol. The van der Waals surface area contributed by atoms with Gasteiger partial charge in [0.15, 0.2) is 28.9 Å². The number of imidazole rings is 1. The Bertz CT molecular complexity index is 1160. The van der Waals surface area contributed by atoms with E-state index in [1.54, 1.807) is 10.6 Å². The van der Waals surface area contributed by atoms with E-state index in [1.807, 2.05) is 12.1 Å². The van der Waals surface area contributed by atoms with E-state index in [1.165, 1.54) is 17.2 Å². The van der Waals surface area contributed by atoms with E-state index < -0.39 is 31.1 Å². The molecule has 0 bridgehead atoms. The Kier molecular flexibility index (Phi) is 4.10. The molecule has 0 unspecified atom stereocenters. The molecule has 1 aliphatic rings. The molecule has 5 rings (SSSR count). The van der Waals surface area contributed by atoms with E-state index in [0.29, 0.717) is 28.3 Å². The van der Waals surface area contributed by atoms with Crippen LogP contribution in [0.2, 0.25) is 0 Å². The largest absolute Gasteiger partial charge is 0.394 e. The zero-order valence-electron chi connectivity index (χ0n) is 14.2. The first-order valence-electron chi connectivity index (χ1n) is 8.39. The van der Waals surface area contributed by atoms with Crippen LogP contribution in [0.15, 0.2) is 35.5 Å². The van der Waals surface area contributed by atoms with Gasteiger partial charge >= 0.3 is 0 Å². The first kappa shape index (κ1) is 17.6. The number of hydrogen-bond acceptors (Lipinski definition) is 9.